The number of ether oxygens (including phenoxy) is 2. The molecule has 1 aliphatic rings. The molecule has 1 aliphatic heterocycles. The molecule has 1 aromatic heterocycles. The molecule has 0 amide bonds. The van der Waals surface area contributed by atoms with Crippen LogP contribution in [0.25, 0.3) is 0 Å². The van der Waals surface area contributed by atoms with E-state index >= 15 is 0 Å². The highest BCUT2D eigenvalue weighted by Crippen LogP contribution is 2.44. The largest absolute Gasteiger partial charge is 0.465 e. The van der Waals surface area contributed by atoms with Gasteiger partial charge in [0.1, 0.15) is 12.4 Å². The molecule has 0 bridgehead atoms. The number of rotatable bonds is 2. The normalized spacial score (nSPS) is 15.6. The van der Waals surface area contributed by atoms with Crippen molar-refractivity contribution in [2.45, 2.75) is 12.8 Å². The number of hydrogen-bond acceptors (Lipinski definition) is 4. The summed E-state index contributed by atoms with van der Waals surface area (Å²) in [5.41, 5.74) is 8.39. The summed E-state index contributed by atoms with van der Waals surface area (Å²) >= 11 is 3.43. The van der Waals surface area contributed by atoms with Gasteiger partial charge in [-0.3, -0.25) is 5.41 Å². The van der Waals surface area contributed by atoms with Crippen LogP contribution < -0.4 is 10.5 Å². The minimum absolute atomic E-state index is 0.0717. The highest BCUT2D eigenvalue weighted by Gasteiger charge is 2.29. The van der Waals surface area contributed by atoms with Crippen molar-refractivity contribution in [1.29, 1.82) is 5.41 Å². The number of halogens is 1. The first kappa shape index (κ1) is 13.9. The molecule has 0 aliphatic carbocycles. The predicted octanol–water partition coefficient (Wildman–Crippen LogP) is 3.30. The van der Waals surface area contributed by atoms with Crippen LogP contribution in [0.1, 0.15) is 22.6 Å². The zero-order valence-corrected chi connectivity index (χ0v) is 13.0. The van der Waals surface area contributed by atoms with Crippen molar-refractivity contribution in [3.8, 4) is 11.6 Å². The third-order valence-corrected chi connectivity index (χ3v) is 3.81. The molecule has 3 rings (SSSR count). The van der Waals surface area contributed by atoms with E-state index in [9.17, 15) is 0 Å². The summed E-state index contributed by atoms with van der Waals surface area (Å²) in [6.07, 6.45) is 1.70. The number of pyridine rings is 1. The fourth-order valence-electron chi connectivity index (χ4n) is 2.43. The lowest BCUT2D eigenvalue weighted by atomic mass is 9.89. The average molecular weight is 348 g/mol. The van der Waals surface area contributed by atoms with Crippen LogP contribution >= 0.6 is 15.9 Å². The molecular formula is C15H14BrN3O2. The fraction of sp³-hybridized carbons (Fsp3) is 0.200. The SMILES string of the molecule is Cc1ccc2c(c1)C(COC(=N)N)c1cc(Br)cnc1O2. The van der Waals surface area contributed by atoms with Gasteiger partial charge in [0.15, 0.2) is 0 Å². The van der Waals surface area contributed by atoms with E-state index < -0.39 is 0 Å². The van der Waals surface area contributed by atoms with Crippen LogP contribution in [0, 0.1) is 12.3 Å². The van der Waals surface area contributed by atoms with Gasteiger partial charge in [0.2, 0.25) is 5.88 Å². The Balaban J connectivity index is 2.09. The molecule has 0 saturated carbocycles. The Morgan fingerprint density at radius 1 is 1.43 bits per heavy atom. The van der Waals surface area contributed by atoms with Gasteiger partial charge in [-0.05, 0) is 35.0 Å². The number of nitrogens with zero attached hydrogens (tertiary/aromatic N) is 1. The van der Waals surface area contributed by atoms with Crippen molar-refractivity contribution < 1.29 is 9.47 Å². The standard InChI is InChI=1S/C15H14BrN3O2/c1-8-2-3-13-10(4-8)12(7-20-15(17)18)11-5-9(16)6-19-14(11)21-13/h2-6,12H,7H2,1H3,(H3,17,18). The number of nitrogens with one attached hydrogen (secondary N) is 1. The smallest absolute Gasteiger partial charge is 0.279 e. The van der Waals surface area contributed by atoms with Gasteiger partial charge in [0.05, 0.1) is 5.92 Å². The van der Waals surface area contributed by atoms with Crippen molar-refractivity contribution in [2.24, 2.45) is 5.73 Å². The third-order valence-electron chi connectivity index (χ3n) is 3.37. The fourth-order valence-corrected chi connectivity index (χ4v) is 2.78. The molecule has 0 spiro atoms. The number of hydrogen-bond donors (Lipinski definition) is 2. The molecule has 3 N–H and O–H groups in total. The Bertz CT molecular complexity index is 667. The zero-order valence-electron chi connectivity index (χ0n) is 11.4. The molecule has 108 valence electrons. The van der Waals surface area contributed by atoms with E-state index in [1.54, 1.807) is 6.20 Å². The summed E-state index contributed by atoms with van der Waals surface area (Å²) in [5.74, 6) is 1.25. The van der Waals surface area contributed by atoms with Gasteiger partial charge in [-0.1, -0.05) is 17.7 Å². The summed E-state index contributed by atoms with van der Waals surface area (Å²) < 4.78 is 12.0. The quantitative estimate of drug-likeness (QED) is 0.645. The molecule has 0 fully saturated rings. The van der Waals surface area contributed by atoms with Gasteiger partial charge >= 0.3 is 0 Å². The van der Waals surface area contributed by atoms with Crippen LogP contribution in [0.2, 0.25) is 0 Å². The number of benzene rings is 1. The Hall–Kier alpha value is -2.08. The van der Waals surface area contributed by atoms with Crippen molar-refractivity contribution in [2.75, 3.05) is 6.61 Å². The van der Waals surface area contributed by atoms with Gasteiger partial charge in [0.25, 0.3) is 6.02 Å². The Kier molecular flexibility index (Phi) is 3.55. The van der Waals surface area contributed by atoms with Crippen molar-refractivity contribution in [3.63, 3.8) is 0 Å². The van der Waals surface area contributed by atoms with E-state index in [4.69, 9.17) is 20.6 Å². The topological polar surface area (TPSA) is 81.2 Å². The summed E-state index contributed by atoms with van der Waals surface area (Å²) in [6, 6.07) is 7.65. The van der Waals surface area contributed by atoms with Crippen molar-refractivity contribution in [3.05, 3.63) is 51.6 Å². The van der Waals surface area contributed by atoms with Crippen LogP contribution in [0.3, 0.4) is 0 Å². The highest BCUT2D eigenvalue weighted by molar-refractivity contribution is 9.10. The maximum absolute atomic E-state index is 7.26. The van der Waals surface area contributed by atoms with Crippen LogP contribution in [0.15, 0.2) is 34.9 Å². The number of fused-ring (bicyclic) bond motifs is 2. The van der Waals surface area contributed by atoms with Crippen molar-refractivity contribution >= 4 is 22.0 Å². The summed E-state index contributed by atoms with van der Waals surface area (Å²) in [6.45, 7) is 2.30. The van der Waals surface area contributed by atoms with E-state index in [1.807, 2.05) is 25.1 Å². The van der Waals surface area contributed by atoms with E-state index in [2.05, 4.69) is 27.0 Å². The van der Waals surface area contributed by atoms with E-state index in [-0.39, 0.29) is 18.5 Å². The second-order valence-corrected chi connectivity index (χ2v) is 5.83. The van der Waals surface area contributed by atoms with Crippen LogP contribution in [-0.2, 0) is 4.74 Å². The summed E-state index contributed by atoms with van der Waals surface area (Å²) in [7, 11) is 0. The minimum Gasteiger partial charge on any atom is -0.465 e. The van der Waals surface area contributed by atoms with E-state index in [0.29, 0.717) is 5.88 Å². The molecule has 0 radical (unpaired) electrons. The molecule has 2 heterocycles. The molecule has 1 atom stereocenters. The first-order valence-corrected chi connectivity index (χ1v) is 7.24. The lowest BCUT2D eigenvalue weighted by Crippen LogP contribution is -2.22. The molecule has 6 heteroatoms. The summed E-state index contributed by atoms with van der Waals surface area (Å²) in [4.78, 5) is 4.31. The second-order valence-electron chi connectivity index (χ2n) is 4.92. The van der Waals surface area contributed by atoms with Gasteiger partial charge in [-0.25, -0.2) is 4.98 Å². The van der Waals surface area contributed by atoms with Crippen LogP contribution in [-0.4, -0.2) is 17.6 Å². The Labute approximate surface area is 130 Å². The first-order valence-electron chi connectivity index (χ1n) is 6.45. The Morgan fingerprint density at radius 3 is 3.00 bits per heavy atom. The van der Waals surface area contributed by atoms with Gasteiger partial charge in [0, 0.05) is 21.8 Å². The molecule has 2 aromatic rings. The Morgan fingerprint density at radius 2 is 2.24 bits per heavy atom. The average Bonchev–Trinajstić information content (AvgIpc) is 2.44. The zero-order chi connectivity index (χ0) is 15.0. The van der Waals surface area contributed by atoms with Gasteiger partial charge < -0.3 is 15.2 Å². The third kappa shape index (κ3) is 2.71. The van der Waals surface area contributed by atoms with Crippen molar-refractivity contribution in [1.82, 2.24) is 4.98 Å². The lowest BCUT2D eigenvalue weighted by molar-refractivity contribution is 0.273. The molecule has 0 saturated heterocycles. The maximum atomic E-state index is 7.26. The second kappa shape index (κ2) is 5.37. The number of aryl methyl sites for hydroxylation is 1. The molecule has 21 heavy (non-hydrogen) atoms. The molecule has 1 unspecified atom stereocenters. The van der Waals surface area contributed by atoms with Crippen LogP contribution in [0.5, 0.6) is 11.6 Å². The predicted molar refractivity (Wildman–Crippen MR) is 82.9 cm³/mol. The highest BCUT2D eigenvalue weighted by atomic mass is 79.9. The number of aromatic nitrogens is 1. The monoisotopic (exact) mass is 347 g/mol. The number of nitrogens with two attached hydrogens (primary N) is 1. The van der Waals surface area contributed by atoms with E-state index in [0.717, 1.165) is 26.9 Å². The number of amidine groups is 1. The van der Waals surface area contributed by atoms with E-state index in [1.165, 1.54) is 0 Å². The molecule has 5 nitrogen and oxygen atoms in total. The molecular weight excluding hydrogens is 334 g/mol. The minimum atomic E-state index is -0.291. The first-order chi connectivity index (χ1) is 10.0. The maximum Gasteiger partial charge on any atom is 0.279 e. The van der Waals surface area contributed by atoms with Gasteiger partial charge in [-0.15, -0.1) is 0 Å². The lowest BCUT2D eigenvalue weighted by Gasteiger charge is -2.27. The van der Waals surface area contributed by atoms with Crippen LogP contribution in [0.4, 0.5) is 0 Å². The molecule has 1 aromatic carbocycles. The van der Waals surface area contributed by atoms with Gasteiger partial charge in [-0.2, -0.15) is 0 Å². The summed E-state index contributed by atoms with van der Waals surface area (Å²) in [5, 5.41) is 7.26.